The first-order valence-electron chi connectivity index (χ1n) is 6.72. The van der Waals surface area contributed by atoms with Crippen LogP contribution in [0.1, 0.15) is 31.8 Å². The fourth-order valence-corrected chi connectivity index (χ4v) is 3.99. The molecule has 0 saturated heterocycles. The van der Waals surface area contributed by atoms with Crippen LogP contribution in [0.5, 0.6) is 0 Å². The van der Waals surface area contributed by atoms with E-state index in [1.807, 2.05) is 0 Å². The average Bonchev–Trinajstić information content (AvgIpc) is 2.49. The standard InChI is InChI=1S/C14H10N2O8S2.2Na/c15-11-7(25(19,20)21)3-1-5-9(11)14(18)6-2-4-8(26(22,23)24)12(16)10(6)13(5)17;;/h1-4H,15-16H2,(H,19,20,21)(H,22,23,24);;/q;2*+1/p-2. The second kappa shape index (κ2) is 8.14. The molecule has 3 rings (SSSR count). The van der Waals surface area contributed by atoms with Crippen LogP contribution in [0.15, 0.2) is 34.1 Å². The molecule has 0 heterocycles. The minimum atomic E-state index is -5.00. The zero-order valence-corrected chi connectivity index (χ0v) is 20.2. The summed E-state index contributed by atoms with van der Waals surface area (Å²) < 4.78 is 67.4. The predicted molar refractivity (Wildman–Crippen MR) is 84.5 cm³/mol. The van der Waals surface area contributed by atoms with Crippen molar-refractivity contribution in [3.05, 3.63) is 46.5 Å². The summed E-state index contributed by atoms with van der Waals surface area (Å²) in [7, 11) is -10.0. The van der Waals surface area contributed by atoms with E-state index in [1.54, 1.807) is 0 Å². The number of rotatable bonds is 2. The number of ketones is 2. The average molecular weight is 442 g/mol. The fraction of sp³-hybridized carbons (Fsp3) is 0. The SMILES string of the molecule is Nc1c(S(=O)(=O)[O-])ccc2c1C(=O)c1ccc(S(=O)(=O)[O-])c(N)c1C2=O.[Na+].[Na+]. The molecule has 0 atom stereocenters. The summed E-state index contributed by atoms with van der Waals surface area (Å²) >= 11 is 0. The number of nitrogens with two attached hydrogens (primary N) is 2. The number of fused-ring (bicyclic) bond motifs is 2. The minimum Gasteiger partial charge on any atom is -0.744 e. The van der Waals surface area contributed by atoms with Crippen LogP contribution >= 0.6 is 0 Å². The van der Waals surface area contributed by atoms with E-state index in [-0.39, 0.29) is 70.2 Å². The van der Waals surface area contributed by atoms with Gasteiger partial charge in [0.25, 0.3) is 0 Å². The molecule has 10 nitrogen and oxygen atoms in total. The van der Waals surface area contributed by atoms with E-state index in [9.17, 15) is 35.5 Å². The predicted octanol–water partition coefficient (Wildman–Crippen LogP) is -6.56. The number of benzene rings is 2. The van der Waals surface area contributed by atoms with Crippen LogP contribution in [0.25, 0.3) is 0 Å². The van der Waals surface area contributed by atoms with Crippen molar-refractivity contribution in [2.75, 3.05) is 11.5 Å². The van der Waals surface area contributed by atoms with Gasteiger partial charge >= 0.3 is 59.1 Å². The zero-order valence-electron chi connectivity index (χ0n) is 14.5. The molecular formula is C14H8N2Na2O8S2. The Hall–Kier alpha value is -0.800. The van der Waals surface area contributed by atoms with Crippen molar-refractivity contribution in [3.8, 4) is 0 Å². The second-order valence-electron chi connectivity index (χ2n) is 5.37. The Morgan fingerprint density at radius 2 is 0.929 bits per heavy atom. The van der Waals surface area contributed by atoms with Crippen molar-refractivity contribution >= 4 is 43.2 Å². The molecule has 0 saturated carbocycles. The van der Waals surface area contributed by atoms with Crippen molar-refractivity contribution in [1.82, 2.24) is 0 Å². The monoisotopic (exact) mass is 442 g/mol. The Morgan fingerprint density at radius 3 is 1.18 bits per heavy atom. The second-order valence-corrected chi connectivity index (χ2v) is 8.06. The normalized spacial score (nSPS) is 13.1. The molecule has 2 aromatic carbocycles. The number of hydrogen-bond donors (Lipinski definition) is 2. The zero-order chi connectivity index (χ0) is 19.6. The Balaban J connectivity index is 0.00000196. The van der Waals surface area contributed by atoms with Crippen molar-refractivity contribution in [1.29, 1.82) is 0 Å². The maximum absolute atomic E-state index is 12.7. The molecule has 1 aliphatic rings. The van der Waals surface area contributed by atoms with Gasteiger partial charge in [0.05, 0.1) is 32.3 Å². The van der Waals surface area contributed by atoms with Crippen LogP contribution in [-0.4, -0.2) is 37.5 Å². The number of carbonyl (C=O) groups is 2. The van der Waals surface area contributed by atoms with E-state index in [1.165, 1.54) is 0 Å². The van der Waals surface area contributed by atoms with Crippen molar-refractivity contribution in [2.24, 2.45) is 0 Å². The first-order chi connectivity index (χ1) is 11.9. The Labute approximate surface area is 203 Å². The van der Waals surface area contributed by atoms with Gasteiger partial charge in [-0.2, -0.15) is 0 Å². The first-order valence-corrected chi connectivity index (χ1v) is 9.53. The molecule has 0 aliphatic heterocycles. The molecule has 136 valence electrons. The topological polar surface area (TPSA) is 201 Å². The molecule has 28 heavy (non-hydrogen) atoms. The fourth-order valence-electron chi connectivity index (χ4n) is 2.77. The number of hydrogen-bond acceptors (Lipinski definition) is 10. The smallest absolute Gasteiger partial charge is 0.744 e. The summed E-state index contributed by atoms with van der Waals surface area (Å²) in [5, 5.41) is 0. The molecule has 0 radical (unpaired) electrons. The van der Waals surface area contributed by atoms with Crippen LogP contribution in [0, 0.1) is 0 Å². The van der Waals surface area contributed by atoms with Gasteiger partial charge in [-0.25, -0.2) is 16.8 Å². The Kier molecular flexibility index (Phi) is 7.34. The quantitative estimate of drug-likeness (QED) is 0.218. The summed E-state index contributed by atoms with van der Waals surface area (Å²) in [6.07, 6.45) is 0. The number of carbonyl (C=O) groups excluding carboxylic acids is 2. The van der Waals surface area contributed by atoms with Gasteiger partial charge in [-0.05, 0) is 24.3 Å². The molecule has 0 amide bonds. The van der Waals surface area contributed by atoms with Crippen LogP contribution in [0.4, 0.5) is 11.4 Å². The Bertz CT molecular complexity index is 1140. The van der Waals surface area contributed by atoms with Crippen molar-refractivity contribution in [3.63, 3.8) is 0 Å². The number of nitrogen functional groups attached to an aromatic ring is 2. The summed E-state index contributed by atoms with van der Waals surface area (Å²) in [6.45, 7) is 0. The van der Waals surface area contributed by atoms with Crippen molar-refractivity contribution in [2.45, 2.75) is 9.79 Å². The van der Waals surface area contributed by atoms with E-state index in [2.05, 4.69) is 0 Å². The van der Waals surface area contributed by atoms with Crippen molar-refractivity contribution < 1.29 is 94.6 Å². The third-order valence-electron chi connectivity index (χ3n) is 3.89. The number of anilines is 2. The van der Waals surface area contributed by atoms with Gasteiger partial charge < -0.3 is 20.6 Å². The molecular weight excluding hydrogens is 434 g/mol. The summed E-state index contributed by atoms with van der Waals surface area (Å²) in [5.74, 6) is -1.86. The maximum Gasteiger partial charge on any atom is 1.00 e. The molecule has 1 aliphatic carbocycles. The van der Waals surface area contributed by atoms with E-state index in [0.717, 1.165) is 24.3 Å². The molecule has 0 fully saturated rings. The van der Waals surface area contributed by atoms with E-state index < -0.39 is 64.1 Å². The van der Waals surface area contributed by atoms with Crippen LogP contribution < -0.4 is 70.6 Å². The molecule has 0 spiro atoms. The Morgan fingerprint density at radius 1 is 0.643 bits per heavy atom. The largest absolute Gasteiger partial charge is 1.00 e. The molecule has 14 heteroatoms. The van der Waals surface area contributed by atoms with Gasteiger partial charge in [0, 0.05) is 11.1 Å². The van der Waals surface area contributed by atoms with Crippen LogP contribution in [0.2, 0.25) is 0 Å². The first kappa shape index (κ1) is 25.2. The molecule has 0 bridgehead atoms. The van der Waals surface area contributed by atoms with Gasteiger partial charge in [-0.1, -0.05) is 0 Å². The van der Waals surface area contributed by atoms with Gasteiger partial charge in [0.15, 0.2) is 11.6 Å². The molecule has 2 aromatic rings. The van der Waals surface area contributed by atoms with E-state index >= 15 is 0 Å². The maximum atomic E-state index is 12.7. The summed E-state index contributed by atoms with van der Waals surface area (Å²) in [6, 6.07) is 3.32. The van der Waals surface area contributed by atoms with Gasteiger partial charge in [-0.3, -0.25) is 9.59 Å². The molecule has 4 N–H and O–H groups in total. The third kappa shape index (κ3) is 3.94. The molecule has 0 unspecified atom stereocenters. The van der Waals surface area contributed by atoms with E-state index in [0.29, 0.717) is 0 Å². The third-order valence-corrected chi connectivity index (χ3v) is 5.68. The van der Waals surface area contributed by atoms with Gasteiger partial charge in [-0.15, -0.1) is 0 Å². The van der Waals surface area contributed by atoms with Crippen LogP contribution in [0.3, 0.4) is 0 Å². The van der Waals surface area contributed by atoms with Gasteiger partial charge in [0.2, 0.25) is 0 Å². The summed E-state index contributed by atoms with van der Waals surface area (Å²) in [4.78, 5) is 23.6. The molecule has 0 aromatic heterocycles. The minimum absolute atomic E-state index is 0. The van der Waals surface area contributed by atoms with Gasteiger partial charge in [0.1, 0.15) is 20.2 Å². The van der Waals surface area contributed by atoms with Crippen LogP contribution in [-0.2, 0) is 20.2 Å². The summed E-state index contributed by atoms with van der Waals surface area (Å²) in [5.41, 5.74) is 8.10. The van der Waals surface area contributed by atoms with E-state index in [4.69, 9.17) is 11.5 Å².